The normalized spacial score (nSPS) is 10.9. The average Bonchev–Trinajstić information content (AvgIpc) is 2.88. The minimum absolute atomic E-state index is 0.0543. The quantitative estimate of drug-likeness (QED) is 0.825. The van der Waals surface area contributed by atoms with Crippen molar-refractivity contribution in [2.45, 2.75) is 37.7 Å². The molecule has 0 saturated carbocycles. The number of benzene rings is 1. The van der Waals surface area contributed by atoms with Gasteiger partial charge in [0.25, 0.3) is 0 Å². The number of aliphatic hydroxyl groups is 1. The zero-order chi connectivity index (χ0) is 13.7. The Hall–Kier alpha value is -1.33. The molecule has 0 aliphatic rings. The first-order valence-corrected chi connectivity index (χ1v) is 7.71. The minimum Gasteiger partial charge on any atom is -0.390 e. The van der Waals surface area contributed by atoms with Crippen LogP contribution in [0, 0.1) is 0 Å². The van der Waals surface area contributed by atoms with Crippen LogP contribution in [0.5, 0.6) is 0 Å². The van der Waals surface area contributed by atoms with Crippen LogP contribution in [0.3, 0.4) is 0 Å². The molecule has 0 unspecified atom stereocenters. The van der Waals surface area contributed by atoms with E-state index in [9.17, 15) is 5.11 Å². The molecular weight excluding hydrogens is 258 g/mol. The molecular formula is C14H19N3OS. The maximum absolute atomic E-state index is 9.36. The first-order chi connectivity index (χ1) is 9.30. The molecule has 0 fully saturated rings. The van der Waals surface area contributed by atoms with E-state index in [1.165, 1.54) is 4.90 Å². The second-order valence-electron chi connectivity index (χ2n) is 4.36. The van der Waals surface area contributed by atoms with Gasteiger partial charge in [0.1, 0.15) is 5.69 Å². The summed E-state index contributed by atoms with van der Waals surface area (Å²) in [6.45, 7) is 2.10. The number of rotatable bonds is 6. The van der Waals surface area contributed by atoms with Crippen LogP contribution in [0.15, 0.2) is 29.2 Å². The summed E-state index contributed by atoms with van der Waals surface area (Å²) in [5.74, 6) is 0. The lowest BCUT2D eigenvalue weighted by molar-refractivity contribution is 0.275. The van der Waals surface area contributed by atoms with Crippen LogP contribution in [0.1, 0.15) is 31.2 Å². The first kappa shape index (κ1) is 14.1. The summed E-state index contributed by atoms with van der Waals surface area (Å²) in [6, 6.07) is 8.20. The van der Waals surface area contributed by atoms with Crippen molar-refractivity contribution in [1.82, 2.24) is 15.0 Å². The van der Waals surface area contributed by atoms with E-state index in [0.29, 0.717) is 5.69 Å². The molecule has 0 aliphatic carbocycles. The summed E-state index contributed by atoms with van der Waals surface area (Å²) in [4.78, 5) is 1.19. The van der Waals surface area contributed by atoms with E-state index in [1.54, 1.807) is 11.8 Å². The molecule has 0 bridgehead atoms. The Kier molecular flexibility index (Phi) is 4.99. The summed E-state index contributed by atoms with van der Waals surface area (Å²) >= 11 is 1.70. The van der Waals surface area contributed by atoms with Gasteiger partial charge in [-0.05, 0) is 37.3 Å². The van der Waals surface area contributed by atoms with Crippen LogP contribution in [0.2, 0.25) is 0 Å². The topological polar surface area (TPSA) is 50.9 Å². The zero-order valence-corrected chi connectivity index (χ0v) is 12.2. The van der Waals surface area contributed by atoms with Crippen LogP contribution < -0.4 is 0 Å². The zero-order valence-electron chi connectivity index (χ0n) is 11.3. The molecule has 2 aromatic rings. The van der Waals surface area contributed by atoms with Crippen LogP contribution in [0.4, 0.5) is 0 Å². The van der Waals surface area contributed by atoms with E-state index >= 15 is 0 Å². The van der Waals surface area contributed by atoms with E-state index in [2.05, 4.69) is 35.6 Å². The highest BCUT2D eigenvalue weighted by Gasteiger charge is 2.13. The highest BCUT2D eigenvalue weighted by molar-refractivity contribution is 7.98. The predicted molar refractivity (Wildman–Crippen MR) is 77.7 cm³/mol. The number of unbranched alkanes of at least 4 members (excludes halogenated alkanes) is 1. The summed E-state index contributed by atoms with van der Waals surface area (Å²) < 4.78 is 1.85. The molecule has 0 radical (unpaired) electrons. The van der Waals surface area contributed by atoms with Crippen molar-refractivity contribution in [1.29, 1.82) is 0 Å². The Labute approximate surface area is 117 Å². The van der Waals surface area contributed by atoms with Crippen molar-refractivity contribution >= 4 is 11.8 Å². The van der Waals surface area contributed by atoms with Gasteiger partial charge in [-0.1, -0.05) is 24.6 Å². The molecule has 102 valence electrons. The fourth-order valence-corrected chi connectivity index (χ4v) is 2.45. The first-order valence-electron chi connectivity index (χ1n) is 6.49. The van der Waals surface area contributed by atoms with Gasteiger partial charge in [-0.15, -0.1) is 16.9 Å². The Balaban J connectivity index is 2.39. The van der Waals surface area contributed by atoms with Gasteiger partial charge in [-0.2, -0.15) is 0 Å². The molecule has 4 nitrogen and oxygen atoms in total. The van der Waals surface area contributed by atoms with Crippen molar-refractivity contribution in [3.05, 3.63) is 35.7 Å². The van der Waals surface area contributed by atoms with Gasteiger partial charge >= 0.3 is 0 Å². The molecule has 0 aliphatic heterocycles. The Bertz CT molecular complexity index is 539. The van der Waals surface area contributed by atoms with Gasteiger partial charge in [-0.25, -0.2) is 4.68 Å². The molecule has 19 heavy (non-hydrogen) atoms. The van der Waals surface area contributed by atoms with Crippen molar-refractivity contribution < 1.29 is 5.11 Å². The Morgan fingerprint density at radius 1 is 1.37 bits per heavy atom. The van der Waals surface area contributed by atoms with Crippen molar-refractivity contribution in [3.8, 4) is 5.69 Å². The largest absolute Gasteiger partial charge is 0.390 e. The number of thioether (sulfide) groups is 1. The lowest BCUT2D eigenvalue weighted by Crippen LogP contribution is -2.04. The van der Waals surface area contributed by atoms with E-state index in [-0.39, 0.29) is 6.61 Å². The Morgan fingerprint density at radius 3 is 2.89 bits per heavy atom. The number of aromatic nitrogens is 3. The maximum atomic E-state index is 9.36. The van der Waals surface area contributed by atoms with Gasteiger partial charge in [0, 0.05) is 4.90 Å². The molecule has 5 heteroatoms. The standard InChI is InChI=1S/C14H19N3OS/c1-3-4-8-14-13(10-18)15-16-17(14)11-6-5-7-12(9-11)19-2/h5-7,9,18H,3-4,8,10H2,1-2H3. The number of hydrogen-bond acceptors (Lipinski definition) is 4. The van der Waals surface area contributed by atoms with Crippen molar-refractivity contribution in [3.63, 3.8) is 0 Å². The summed E-state index contributed by atoms with van der Waals surface area (Å²) in [5, 5.41) is 17.6. The van der Waals surface area contributed by atoms with Crippen LogP contribution in [-0.2, 0) is 13.0 Å². The molecule has 1 heterocycles. The third-order valence-electron chi connectivity index (χ3n) is 3.06. The van der Waals surface area contributed by atoms with Gasteiger partial charge in [0.05, 0.1) is 18.0 Å². The molecule has 0 amide bonds. The van der Waals surface area contributed by atoms with E-state index in [4.69, 9.17) is 0 Å². The van der Waals surface area contributed by atoms with Crippen LogP contribution in [0.25, 0.3) is 5.69 Å². The van der Waals surface area contributed by atoms with Crippen LogP contribution in [-0.4, -0.2) is 26.4 Å². The third kappa shape index (κ3) is 3.16. The van der Waals surface area contributed by atoms with Crippen molar-refractivity contribution in [2.75, 3.05) is 6.26 Å². The fraction of sp³-hybridized carbons (Fsp3) is 0.429. The van der Waals surface area contributed by atoms with E-state index < -0.39 is 0 Å². The third-order valence-corrected chi connectivity index (χ3v) is 3.78. The second kappa shape index (κ2) is 6.73. The molecule has 0 atom stereocenters. The minimum atomic E-state index is -0.0543. The molecule has 1 aromatic carbocycles. The monoisotopic (exact) mass is 277 g/mol. The van der Waals surface area contributed by atoms with Crippen molar-refractivity contribution in [2.24, 2.45) is 0 Å². The van der Waals surface area contributed by atoms with Gasteiger partial charge < -0.3 is 5.11 Å². The molecule has 2 rings (SSSR count). The lowest BCUT2D eigenvalue weighted by Gasteiger charge is -2.08. The number of aliphatic hydroxyl groups excluding tert-OH is 1. The molecule has 0 saturated heterocycles. The molecule has 0 spiro atoms. The van der Waals surface area contributed by atoms with E-state index in [0.717, 1.165) is 30.6 Å². The molecule has 1 aromatic heterocycles. The van der Waals surface area contributed by atoms with Gasteiger partial charge in [-0.3, -0.25) is 0 Å². The predicted octanol–water partition coefficient (Wildman–Crippen LogP) is 2.82. The number of nitrogens with zero attached hydrogens (tertiary/aromatic N) is 3. The Morgan fingerprint density at radius 2 is 2.21 bits per heavy atom. The smallest absolute Gasteiger partial charge is 0.112 e. The number of hydrogen-bond donors (Lipinski definition) is 1. The maximum Gasteiger partial charge on any atom is 0.112 e. The highest BCUT2D eigenvalue weighted by atomic mass is 32.2. The highest BCUT2D eigenvalue weighted by Crippen LogP contribution is 2.21. The fourth-order valence-electron chi connectivity index (χ4n) is 2.00. The lowest BCUT2D eigenvalue weighted by atomic mass is 10.1. The van der Waals surface area contributed by atoms with Gasteiger partial charge in [0.15, 0.2) is 0 Å². The SMILES string of the molecule is CCCCc1c(CO)nnn1-c1cccc(SC)c1. The molecule has 1 N–H and O–H groups in total. The average molecular weight is 277 g/mol. The summed E-state index contributed by atoms with van der Waals surface area (Å²) in [5.41, 5.74) is 2.70. The summed E-state index contributed by atoms with van der Waals surface area (Å²) in [6.07, 6.45) is 5.13. The van der Waals surface area contributed by atoms with Crippen LogP contribution >= 0.6 is 11.8 Å². The second-order valence-corrected chi connectivity index (χ2v) is 5.24. The summed E-state index contributed by atoms with van der Waals surface area (Å²) in [7, 11) is 0. The van der Waals surface area contributed by atoms with E-state index in [1.807, 2.05) is 16.8 Å². The van der Waals surface area contributed by atoms with Gasteiger partial charge in [0.2, 0.25) is 0 Å².